The number of aromatic nitrogens is 1. The molecule has 1 N–H and O–H groups in total. The Labute approximate surface area is 88.7 Å². The Morgan fingerprint density at radius 1 is 1.20 bits per heavy atom. The summed E-state index contributed by atoms with van der Waals surface area (Å²) >= 11 is 0. The Morgan fingerprint density at radius 2 is 2.13 bits per heavy atom. The molecule has 2 heterocycles. The molecule has 0 amide bonds. The number of rotatable bonds is 1. The lowest BCUT2D eigenvalue weighted by atomic mass is 10.2. The number of hydrogen-bond donors (Lipinski definition) is 1. The number of benzene rings is 1. The van der Waals surface area contributed by atoms with E-state index >= 15 is 0 Å². The highest BCUT2D eigenvalue weighted by Gasteiger charge is 2.13. The molecule has 15 heavy (non-hydrogen) atoms. The number of pyridine rings is 1. The van der Waals surface area contributed by atoms with Crippen LogP contribution in [-0.2, 0) is 0 Å². The Morgan fingerprint density at radius 3 is 3.00 bits per heavy atom. The van der Waals surface area contributed by atoms with Gasteiger partial charge in [-0.05, 0) is 18.6 Å². The summed E-state index contributed by atoms with van der Waals surface area (Å²) in [7, 11) is 0. The minimum absolute atomic E-state index is 1.06. The normalized spacial score (nSPS) is 16.1. The van der Waals surface area contributed by atoms with Gasteiger partial charge in [-0.15, -0.1) is 0 Å². The summed E-state index contributed by atoms with van der Waals surface area (Å²) < 4.78 is 0. The minimum atomic E-state index is 1.06. The highest BCUT2D eigenvalue weighted by Crippen LogP contribution is 2.25. The van der Waals surface area contributed by atoms with E-state index in [1.165, 1.54) is 17.5 Å². The second-order valence-electron chi connectivity index (χ2n) is 3.76. The second-order valence-corrected chi connectivity index (χ2v) is 3.76. The molecule has 1 fully saturated rings. The first-order valence-corrected chi connectivity index (χ1v) is 5.30. The van der Waals surface area contributed by atoms with E-state index in [1.54, 1.807) is 0 Å². The molecule has 1 saturated heterocycles. The maximum atomic E-state index is 4.36. The summed E-state index contributed by atoms with van der Waals surface area (Å²) in [6.07, 6.45) is 3.08. The van der Waals surface area contributed by atoms with Crippen LogP contribution in [-0.4, -0.2) is 18.1 Å². The van der Waals surface area contributed by atoms with Crippen molar-refractivity contribution in [3.63, 3.8) is 0 Å². The Hall–Kier alpha value is -1.61. The molecule has 2 aromatic rings. The molecule has 1 aromatic carbocycles. The van der Waals surface area contributed by atoms with Crippen molar-refractivity contribution in [1.82, 2.24) is 10.4 Å². The molecule has 1 aromatic heterocycles. The van der Waals surface area contributed by atoms with E-state index in [0.29, 0.717) is 0 Å². The van der Waals surface area contributed by atoms with E-state index in [-0.39, 0.29) is 0 Å². The maximum Gasteiger partial charge on any atom is 0.0723 e. The quantitative estimate of drug-likeness (QED) is 0.761. The van der Waals surface area contributed by atoms with Crippen molar-refractivity contribution in [3.05, 3.63) is 36.5 Å². The molecule has 0 saturated carbocycles. The average molecular weight is 199 g/mol. The van der Waals surface area contributed by atoms with Crippen LogP contribution in [0.3, 0.4) is 0 Å². The molecule has 3 rings (SSSR count). The van der Waals surface area contributed by atoms with Gasteiger partial charge < -0.3 is 5.01 Å². The van der Waals surface area contributed by atoms with E-state index in [9.17, 15) is 0 Å². The third kappa shape index (κ3) is 1.45. The molecule has 3 heteroatoms. The van der Waals surface area contributed by atoms with Gasteiger partial charge in [0.1, 0.15) is 0 Å². The standard InChI is InChI=1S/C12H13N3/c1-2-5-11-10(4-1)12(6-8-13-11)15-9-3-7-14-15/h1-2,4-6,8,14H,3,7,9H2. The van der Waals surface area contributed by atoms with E-state index in [2.05, 4.69) is 39.7 Å². The molecular formula is C12H13N3. The molecule has 76 valence electrons. The summed E-state index contributed by atoms with van der Waals surface area (Å²) in [5, 5.41) is 3.43. The van der Waals surface area contributed by atoms with Gasteiger partial charge in [-0.2, -0.15) is 0 Å². The van der Waals surface area contributed by atoms with Gasteiger partial charge in [-0.1, -0.05) is 18.2 Å². The summed E-state index contributed by atoms with van der Waals surface area (Å²) in [5.41, 5.74) is 5.66. The van der Waals surface area contributed by atoms with Crippen molar-refractivity contribution in [1.29, 1.82) is 0 Å². The van der Waals surface area contributed by atoms with Crippen molar-refractivity contribution in [2.75, 3.05) is 18.1 Å². The summed E-state index contributed by atoms with van der Waals surface area (Å²) in [4.78, 5) is 4.36. The van der Waals surface area contributed by atoms with Gasteiger partial charge >= 0.3 is 0 Å². The molecule has 1 aliphatic rings. The molecule has 3 nitrogen and oxygen atoms in total. The van der Waals surface area contributed by atoms with Crippen molar-refractivity contribution in [3.8, 4) is 0 Å². The van der Waals surface area contributed by atoms with Gasteiger partial charge in [0, 0.05) is 24.7 Å². The molecular weight excluding hydrogens is 186 g/mol. The first-order chi connectivity index (χ1) is 7.45. The first-order valence-electron chi connectivity index (χ1n) is 5.30. The number of fused-ring (bicyclic) bond motifs is 1. The summed E-state index contributed by atoms with van der Waals surface area (Å²) in [6, 6.07) is 10.3. The predicted molar refractivity (Wildman–Crippen MR) is 61.7 cm³/mol. The highest BCUT2D eigenvalue weighted by atomic mass is 15.5. The van der Waals surface area contributed by atoms with Gasteiger partial charge in [-0.25, -0.2) is 5.43 Å². The van der Waals surface area contributed by atoms with Crippen LogP contribution in [0.25, 0.3) is 10.9 Å². The number of anilines is 1. The predicted octanol–water partition coefficient (Wildman–Crippen LogP) is 1.95. The van der Waals surface area contributed by atoms with Crippen LogP contribution in [0.15, 0.2) is 36.5 Å². The Bertz CT molecular complexity index is 470. The average Bonchev–Trinajstić information content (AvgIpc) is 2.82. The van der Waals surface area contributed by atoms with E-state index < -0.39 is 0 Å². The monoisotopic (exact) mass is 199 g/mol. The first kappa shape index (κ1) is 8.68. The number of nitrogens with one attached hydrogen (secondary N) is 1. The number of hydrogen-bond acceptors (Lipinski definition) is 3. The zero-order valence-electron chi connectivity index (χ0n) is 8.48. The lowest BCUT2D eigenvalue weighted by Crippen LogP contribution is -2.30. The van der Waals surface area contributed by atoms with Crippen LogP contribution in [0.1, 0.15) is 6.42 Å². The van der Waals surface area contributed by atoms with Crippen molar-refractivity contribution < 1.29 is 0 Å². The zero-order chi connectivity index (χ0) is 10.1. The van der Waals surface area contributed by atoms with Gasteiger partial charge in [0.15, 0.2) is 0 Å². The third-order valence-corrected chi connectivity index (χ3v) is 2.78. The number of nitrogens with zero attached hydrogens (tertiary/aromatic N) is 2. The Kier molecular flexibility index (Phi) is 2.03. The van der Waals surface area contributed by atoms with Gasteiger partial charge in [0.05, 0.1) is 11.2 Å². The molecule has 0 spiro atoms. The van der Waals surface area contributed by atoms with Crippen LogP contribution in [0.5, 0.6) is 0 Å². The van der Waals surface area contributed by atoms with Crippen LogP contribution in [0, 0.1) is 0 Å². The fraction of sp³-hybridized carbons (Fsp3) is 0.250. The fourth-order valence-electron chi connectivity index (χ4n) is 2.05. The smallest absolute Gasteiger partial charge is 0.0723 e. The second kappa shape index (κ2) is 3.51. The molecule has 0 unspecified atom stereocenters. The lowest BCUT2D eigenvalue weighted by Gasteiger charge is -2.19. The van der Waals surface area contributed by atoms with Crippen LogP contribution in [0.2, 0.25) is 0 Å². The molecule has 1 aliphatic heterocycles. The van der Waals surface area contributed by atoms with E-state index in [1.807, 2.05) is 12.3 Å². The Balaban J connectivity index is 2.16. The fourth-order valence-corrected chi connectivity index (χ4v) is 2.05. The number of hydrazine groups is 1. The molecule has 0 atom stereocenters. The maximum absolute atomic E-state index is 4.36. The minimum Gasteiger partial charge on any atom is -0.308 e. The van der Waals surface area contributed by atoms with Gasteiger partial charge in [0.25, 0.3) is 0 Å². The van der Waals surface area contributed by atoms with Crippen LogP contribution < -0.4 is 10.4 Å². The van der Waals surface area contributed by atoms with Crippen LogP contribution >= 0.6 is 0 Å². The largest absolute Gasteiger partial charge is 0.308 e. The third-order valence-electron chi connectivity index (χ3n) is 2.78. The van der Waals surface area contributed by atoms with E-state index in [0.717, 1.165) is 18.6 Å². The van der Waals surface area contributed by atoms with Crippen molar-refractivity contribution in [2.24, 2.45) is 0 Å². The zero-order valence-corrected chi connectivity index (χ0v) is 8.48. The van der Waals surface area contributed by atoms with Crippen molar-refractivity contribution >= 4 is 16.6 Å². The molecule has 0 bridgehead atoms. The van der Waals surface area contributed by atoms with Crippen LogP contribution in [0.4, 0.5) is 5.69 Å². The number of para-hydroxylation sites is 1. The van der Waals surface area contributed by atoms with Crippen molar-refractivity contribution in [2.45, 2.75) is 6.42 Å². The topological polar surface area (TPSA) is 28.2 Å². The SMILES string of the molecule is c1ccc2c(N3CCCN3)ccnc2c1. The summed E-state index contributed by atoms with van der Waals surface area (Å²) in [6.45, 7) is 2.14. The van der Waals surface area contributed by atoms with Gasteiger partial charge in [-0.3, -0.25) is 4.98 Å². The molecule has 0 radical (unpaired) electrons. The molecule has 0 aliphatic carbocycles. The van der Waals surface area contributed by atoms with E-state index in [4.69, 9.17) is 0 Å². The van der Waals surface area contributed by atoms with Gasteiger partial charge in [0.2, 0.25) is 0 Å². The lowest BCUT2D eigenvalue weighted by molar-refractivity contribution is 0.790. The highest BCUT2D eigenvalue weighted by molar-refractivity contribution is 5.91. The summed E-state index contributed by atoms with van der Waals surface area (Å²) in [5.74, 6) is 0.